The molecule has 5 aromatic rings. The number of aromatic nitrogens is 6. The van der Waals surface area contributed by atoms with Gasteiger partial charge >= 0.3 is 0 Å². The number of hydrogen-bond acceptors (Lipinski definition) is 6. The van der Waals surface area contributed by atoms with Crippen molar-refractivity contribution in [1.29, 1.82) is 0 Å². The van der Waals surface area contributed by atoms with Gasteiger partial charge < -0.3 is 15.0 Å². The highest BCUT2D eigenvalue weighted by Crippen LogP contribution is 2.34. The molecule has 1 aliphatic carbocycles. The Morgan fingerprint density at radius 3 is 2.71 bits per heavy atom. The van der Waals surface area contributed by atoms with Gasteiger partial charge in [-0.25, -0.2) is 9.37 Å². The molecule has 1 amide bonds. The van der Waals surface area contributed by atoms with Gasteiger partial charge in [0, 0.05) is 29.6 Å². The van der Waals surface area contributed by atoms with E-state index in [9.17, 15) is 14.3 Å². The summed E-state index contributed by atoms with van der Waals surface area (Å²) in [6.07, 6.45) is 4.41. The number of rotatable bonds is 6. The van der Waals surface area contributed by atoms with Crippen LogP contribution in [0.3, 0.4) is 0 Å². The zero-order chi connectivity index (χ0) is 28.1. The first-order valence-corrected chi connectivity index (χ1v) is 13.7. The number of hydrogen-bond donors (Lipinski definition) is 2. The van der Waals surface area contributed by atoms with Crippen molar-refractivity contribution < 1.29 is 14.3 Å². The molecule has 4 aromatic heterocycles. The van der Waals surface area contributed by atoms with Crippen molar-refractivity contribution >= 4 is 5.91 Å². The molecule has 0 bridgehead atoms. The van der Waals surface area contributed by atoms with Crippen molar-refractivity contribution in [2.75, 3.05) is 0 Å². The summed E-state index contributed by atoms with van der Waals surface area (Å²) in [6, 6.07) is 16.2. The first kappa shape index (κ1) is 25.3. The number of aryl methyl sites for hydroxylation is 1. The van der Waals surface area contributed by atoms with E-state index < -0.39 is 0 Å². The third-order valence-corrected chi connectivity index (χ3v) is 7.77. The van der Waals surface area contributed by atoms with Gasteiger partial charge in [0.15, 0.2) is 5.82 Å². The largest absolute Gasteiger partial charge is 0.393 e. The lowest BCUT2D eigenvalue weighted by molar-refractivity contribution is -0.143. The number of nitrogens with zero attached hydrogens (tertiary/aromatic N) is 6. The summed E-state index contributed by atoms with van der Waals surface area (Å²) in [7, 11) is 0. The number of fused-ring (bicyclic) bond motifs is 1. The van der Waals surface area contributed by atoms with E-state index in [-0.39, 0.29) is 23.7 Å². The number of aromatic amines is 1. The quantitative estimate of drug-likeness (QED) is 0.322. The van der Waals surface area contributed by atoms with Crippen LogP contribution >= 0.6 is 0 Å². The van der Waals surface area contributed by atoms with Gasteiger partial charge in [-0.15, -0.1) is 0 Å². The molecule has 0 saturated heterocycles. The van der Waals surface area contributed by atoms with Gasteiger partial charge in [0.2, 0.25) is 5.91 Å². The Morgan fingerprint density at radius 2 is 1.93 bits per heavy atom. The monoisotopic (exact) mass is 549 g/mol. The minimum absolute atomic E-state index is 0.0795. The second-order valence-corrected chi connectivity index (χ2v) is 10.8. The Balaban J connectivity index is 1.19. The van der Waals surface area contributed by atoms with Gasteiger partial charge in [-0.1, -0.05) is 18.2 Å². The summed E-state index contributed by atoms with van der Waals surface area (Å²) < 4.78 is 15.6. The lowest BCUT2D eigenvalue weighted by Crippen LogP contribution is -2.41. The highest BCUT2D eigenvalue weighted by Gasteiger charge is 2.38. The highest BCUT2D eigenvalue weighted by molar-refractivity contribution is 5.81. The number of halogens is 1. The minimum Gasteiger partial charge on any atom is -0.393 e. The molecule has 41 heavy (non-hydrogen) atoms. The zero-order valence-corrected chi connectivity index (χ0v) is 22.5. The number of carbonyl (C=O) groups excluding carboxylic acids is 1. The number of aliphatic hydroxyl groups is 1. The predicted octanol–water partition coefficient (Wildman–Crippen LogP) is 4.51. The van der Waals surface area contributed by atoms with Gasteiger partial charge in [0.05, 0.1) is 42.8 Å². The Labute approximate surface area is 235 Å². The van der Waals surface area contributed by atoms with Crippen molar-refractivity contribution in [3.8, 4) is 34.0 Å². The Bertz CT molecular complexity index is 1750. The summed E-state index contributed by atoms with van der Waals surface area (Å²) in [5.41, 5.74) is 7.37. The lowest BCUT2D eigenvalue weighted by atomic mass is 9.81. The summed E-state index contributed by atoms with van der Waals surface area (Å²) >= 11 is 0. The number of carbonyl (C=O) groups is 1. The molecule has 0 spiro atoms. The molecule has 1 aliphatic heterocycles. The summed E-state index contributed by atoms with van der Waals surface area (Å²) in [4.78, 5) is 32.0. The fraction of sp³-hybridized carbons (Fsp3) is 0.258. The zero-order valence-electron chi connectivity index (χ0n) is 22.5. The number of aliphatic hydroxyl groups excluding tert-OH is 1. The SMILES string of the molecule is Cc1cccc(-c2nn(Cc3cccc(F)c3)cc2-c2ccnc(-c3nc4c([nH]3)CN(C(=O)C3CC(O)C3)C4)c2)n1. The van der Waals surface area contributed by atoms with Crippen LogP contribution in [0.2, 0.25) is 0 Å². The average Bonchev–Trinajstić information content (AvgIpc) is 3.65. The van der Waals surface area contributed by atoms with Crippen LogP contribution in [0.5, 0.6) is 0 Å². The molecule has 2 N–H and O–H groups in total. The van der Waals surface area contributed by atoms with E-state index in [1.54, 1.807) is 21.8 Å². The highest BCUT2D eigenvalue weighted by atomic mass is 19.1. The Morgan fingerprint density at radius 1 is 1.07 bits per heavy atom. The van der Waals surface area contributed by atoms with Crippen LogP contribution in [0.4, 0.5) is 4.39 Å². The first-order valence-electron chi connectivity index (χ1n) is 13.7. The molecule has 1 aromatic carbocycles. The van der Waals surface area contributed by atoms with Crippen LogP contribution in [0.1, 0.15) is 35.5 Å². The topological polar surface area (TPSA) is 113 Å². The molecule has 1 saturated carbocycles. The summed E-state index contributed by atoms with van der Waals surface area (Å²) in [6.45, 7) is 3.28. The lowest BCUT2D eigenvalue weighted by Gasteiger charge is -2.33. The van der Waals surface area contributed by atoms with E-state index in [0.717, 1.165) is 45.2 Å². The number of amides is 1. The predicted molar refractivity (Wildman–Crippen MR) is 149 cm³/mol. The van der Waals surface area contributed by atoms with E-state index in [1.807, 2.05) is 49.5 Å². The van der Waals surface area contributed by atoms with E-state index in [1.165, 1.54) is 12.1 Å². The minimum atomic E-state index is -0.358. The van der Waals surface area contributed by atoms with Crippen molar-refractivity contribution in [3.63, 3.8) is 0 Å². The maximum Gasteiger partial charge on any atom is 0.226 e. The molecule has 0 atom stereocenters. The molecule has 9 nitrogen and oxygen atoms in total. The molecule has 7 rings (SSSR count). The smallest absolute Gasteiger partial charge is 0.226 e. The van der Waals surface area contributed by atoms with Crippen molar-refractivity contribution in [3.05, 3.63) is 95.5 Å². The molecule has 1 fully saturated rings. The molecular formula is C31H28FN7O2. The Kier molecular flexibility index (Phi) is 6.19. The van der Waals surface area contributed by atoms with Gasteiger partial charge in [-0.05, 0) is 67.3 Å². The number of pyridine rings is 2. The Hall–Kier alpha value is -4.70. The second-order valence-electron chi connectivity index (χ2n) is 10.8. The third kappa shape index (κ3) is 4.91. The number of benzene rings is 1. The number of nitrogens with one attached hydrogen (secondary N) is 1. The van der Waals surface area contributed by atoms with Crippen molar-refractivity contribution in [2.45, 2.75) is 45.5 Å². The number of H-pyrrole nitrogens is 1. The van der Waals surface area contributed by atoms with E-state index >= 15 is 0 Å². The van der Waals surface area contributed by atoms with Gasteiger partial charge in [0.25, 0.3) is 0 Å². The van der Waals surface area contributed by atoms with E-state index in [4.69, 9.17) is 15.1 Å². The maximum atomic E-state index is 13.8. The molecule has 5 heterocycles. The van der Waals surface area contributed by atoms with E-state index in [0.29, 0.717) is 44.0 Å². The fourth-order valence-electron chi connectivity index (χ4n) is 5.59. The van der Waals surface area contributed by atoms with Crippen LogP contribution < -0.4 is 0 Å². The molecule has 206 valence electrons. The standard InChI is InChI=1S/C31H28FN7O2/c1-18-4-2-7-25(34-18)29-24(15-39(37-29)14-19-5-3-6-22(32)10-19)20-8-9-33-26(13-20)30-35-27-16-38(17-28(27)36-30)31(41)21-11-23(40)12-21/h2-10,13,15,21,23,40H,11-12,14,16-17H2,1H3,(H,35,36). The summed E-state index contributed by atoms with van der Waals surface area (Å²) in [5.74, 6) is 0.348. The third-order valence-electron chi connectivity index (χ3n) is 7.77. The van der Waals surface area contributed by atoms with Crippen LogP contribution in [0, 0.1) is 18.7 Å². The normalized spacial score (nSPS) is 17.9. The molecule has 10 heteroatoms. The molecule has 2 aliphatic rings. The second kappa shape index (κ2) is 10.0. The summed E-state index contributed by atoms with van der Waals surface area (Å²) in [5, 5.41) is 14.4. The molecule has 0 unspecified atom stereocenters. The average molecular weight is 550 g/mol. The van der Waals surface area contributed by atoms with Crippen molar-refractivity contribution in [2.24, 2.45) is 5.92 Å². The van der Waals surface area contributed by atoms with Crippen LogP contribution in [-0.2, 0) is 24.4 Å². The van der Waals surface area contributed by atoms with Gasteiger partial charge in [-0.2, -0.15) is 5.10 Å². The van der Waals surface area contributed by atoms with Gasteiger partial charge in [0.1, 0.15) is 17.2 Å². The van der Waals surface area contributed by atoms with Crippen LogP contribution in [-0.4, -0.2) is 51.7 Å². The number of imidazole rings is 1. The maximum absolute atomic E-state index is 13.8. The molecule has 0 radical (unpaired) electrons. The van der Waals surface area contributed by atoms with Crippen molar-refractivity contribution in [1.82, 2.24) is 34.6 Å². The first-order chi connectivity index (χ1) is 19.9. The molecular weight excluding hydrogens is 521 g/mol. The van der Waals surface area contributed by atoms with E-state index in [2.05, 4.69) is 9.97 Å². The van der Waals surface area contributed by atoms with Crippen LogP contribution in [0.15, 0.2) is 67.0 Å². The van der Waals surface area contributed by atoms with Gasteiger partial charge in [-0.3, -0.25) is 19.4 Å². The van der Waals surface area contributed by atoms with Crippen LogP contribution in [0.25, 0.3) is 34.0 Å². The fourth-order valence-corrected chi connectivity index (χ4v) is 5.59.